The monoisotopic (exact) mass is 406 g/mol. The Labute approximate surface area is 170 Å². The fourth-order valence-corrected chi connectivity index (χ4v) is 3.24. The second kappa shape index (κ2) is 9.57. The van der Waals surface area contributed by atoms with E-state index in [0.29, 0.717) is 24.2 Å². The maximum atomic E-state index is 13.1. The van der Waals surface area contributed by atoms with E-state index < -0.39 is 5.54 Å². The first-order chi connectivity index (χ1) is 13.0. The van der Waals surface area contributed by atoms with E-state index in [1.165, 1.54) is 0 Å². The van der Waals surface area contributed by atoms with Crippen molar-refractivity contribution >= 4 is 35.7 Å². The third-order valence-electron chi connectivity index (χ3n) is 4.62. The van der Waals surface area contributed by atoms with Gasteiger partial charge in [-0.3, -0.25) is 9.48 Å². The Balaban J connectivity index is 0.00000280. The molecule has 8 nitrogen and oxygen atoms in total. The molecule has 152 valence electrons. The van der Waals surface area contributed by atoms with Crippen molar-refractivity contribution < 1.29 is 9.59 Å². The van der Waals surface area contributed by atoms with E-state index in [1.807, 2.05) is 26.1 Å². The molecule has 1 fully saturated rings. The lowest BCUT2D eigenvalue weighted by atomic mass is 9.87. The Morgan fingerprint density at radius 2 is 1.71 bits per heavy atom. The number of nitrogens with zero attached hydrogens (tertiary/aromatic N) is 2. The van der Waals surface area contributed by atoms with Gasteiger partial charge >= 0.3 is 6.03 Å². The molecule has 1 saturated heterocycles. The lowest BCUT2D eigenvalue weighted by Gasteiger charge is -2.36. The zero-order valence-corrected chi connectivity index (χ0v) is 16.9. The van der Waals surface area contributed by atoms with Crippen molar-refractivity contribution in [3.63, 3.8) is 0 Å². The first-order valence-electron chi connectivity index (χ1n) is 9.19. The molecular formula is C19H27ClN6O2. The Morgan fingerprint density at radius 1 is 1.11 bits per heavy atom. The van der Waals surface area contributed by atoms with Crippen LogP contribution in [-0.4, -0.2) is 40.9 Å². The summed E-state index contributed by atoms with van der Waals surface area (Å²) in [7, 11) is 0. The Morgan fingerprint density at radius 3 is 2.25 bits per heavy atom. The molecular weight excluding hydrogens is 380 g/mol. The number of carbonyl (C=O) groups excluding carboxylic acids is 2. The van der Waals surface area contributed by atoms with Crippen molar-refractivity contribution in [3.8, 4) is 0 Å². The van der Waals surface area contributed by atoms with Gasteiger partial charge in [0.1, 0.15) is 5.54 Å². The van der Waals surface area contributed by atoms with Gasteiger partial charge in [0.2, 0.25) is 0 Å². The van der Waals surface area contributed by atoms with Gasteiger partial charge in [-0.1, -0.05) is 0 Å². The predicted molar refractivity (Wildman–Crippen MR) is 112 cm³/mol. The fourth-order valence-electron chi connectivity index (χ4n) is 3.24. The Bertz CT molecular complexity index is 770. The number of anilines is 2. The van der Waals surface area contributed by atoms with Crippen LogP contribution < -0.4 is 21.3 Å². The van der Waals surface area contributed by atoms with Crippen molar-refractivity contribution in [1.82, 2.24) is 20.4 Å². The number of rotatable bonds is 5. The van der Waals surface area contributed by atoms with Gasteiger partial charge in [-0.05, 0) is 70.1 Å². The first-order valence-corrected chi connectivity index (χ1v) is 9.19. The average molecular weight is 407 g/mol. The highest BCUT2D eigenvalue weighted by atomic mass is 35.5. The van der Waals surface area contributed by atoms with E-state index in [4.69, 9.17) is 0 Å². The minimum absolute atomic E-state index is 0. The predicted octanol–water partition coefficient (Wildman–Crippen LogP) is 2.55. The van der Waals surface area contributed by atoms with Crippen LogP contribution >= 0.6 is 12.4 Å². The summed E-state index contributed by atoms with van der Waals surface area (Å²) in [6.07, 6.45) is 4.88. The smallest absolute Gasteiger partial charge is 0.319 e. The molecule has 2 aromatic rings. The van der Waals surface area contributed by atoms with Crippen LogP contribution in [0, 0.1) is 0 Å². The van der Waals surface area contributed by atoms with Crippen molar-refractivity contribution in [2.45, 2.75) is 38.3 Å². The average Bonchev–Trinajstić information content (AvgIpc) is 3.18. The molecule has 28 heavy (non-hydrogen) atoms. The molecule has 9 heteroatoms. The van der Waals surface area contributed by atoms with Crippen molar-refractivity contribution in [3.05, 3.63) is 42.7 Å². The van der Waals surface area contributed by atoms with E-state index in [1.54, 1.807) is 35.1 Å². The molecule has 0 aliphatic carbocycles. The number of hydrogen-bond donors (Lipinski definition) is 4. The summed E-state index contributed by atoms with van der Waals surface area (Å²) in [5.41, 5.74) is 0.651. The summed E-state index contributed by atoms with van der Waals surface area (Å²) >= 11 is 0. The lowest BCUT2D eigenvalue weighted by Crippen LogP contribution is -2.52. The first kappa shape index (κ1) is 21.7. The van der Waals surface area contributed by atoms with Crippen LogP contribution in [0.4, 0.5) is 16.2 Å². The normalized spacial score (nSPS) is 15.4. The highest BCUT2D eigenvalue weighted by molar-refractivity contribution is 5.97. The van der Waals surface area contributed by atoms with E-state index in [-0.39, 0.29) is 30.4 Å². The van der Waals surface area contributed by atoms with Crippen LogP contribution in [0.3, 0.4) is 0 Å². The van der Waals surface area contributed by atoms with E-state index in [2.05, 4.69) is 26.4 Å². The molecule has 4 N–H and O–H groups in total. The van der Waals surface area contributed by atoms with Crippen LogP contribution in [0.25, 0.3) is 0 Å². The van der Waals surface area contributed by atoms with Gasteiger partial charge in [0.25, 0.3) is 5.91 Å². The number of aromatic nitrogens is 2. The molecule has 1 aliphatic heterocycles. The molecule has 0 spiro atoms. The molecule has 1 aromatic carbocycles. The van der Waals surface area contributed by atoms with Crippen molar-refractivity contribution in [1.29, 1.82) is 0 Å². The third kappa shape index (κ3) is 5.02. The number of carbonyl (C=O) groups is 2. The number of hydrogen-bond acceptors (Lipinski definition) is 4. The molecule has 0 unspecified atom stereocenters. The molecule has 0 saturated carbocycles. The highest BCUT2D eigenvalue weighted by Gasteiger charge is 2.42. The van der Waals surface area contributed by atoms with Crippen LogP contribution in [0.1, 0.15) is 26.7 Å². The standard InChI is InChI=1S/C19H26N6O2.ClH/c1-14(2)22-18(27)24-16-6-4-15(5-7-16)23-17(26)19(8-11-20-12-9-19)25-13-3-10-21-25;/h3-7,10,13-14,20H,8-9,11-12H2,1-2H3,(H,23,26)(H2,22,24,27);1H. The van der Waals surface area contributed by atoms with E-state index >= 15 is 0 Å². The zero-order valence-electron chi connectivity index (χ0n) is 16.1. The number of piperidine rings is 1. The number of urea groups is 1. The minimum atomic E-state index is -0.692. The van der Waals surface area contributed by atoms with Gasteiger partial charge in [-0.2, -0.15) is 5.10 Å². The van der Waals surface area contributed by atoms with Crippen molar-refractivity contribution in [2.24, 2.45) is 0 Å². The zero-order chi connectivity index (χ0) is 19.3. The molecule has 3 rings (SSSR count). The summed E-state index contributed by atoms with van der Waals surface area (Å²) < 4.78 is 1.76. The second-order valence-electron chi connectivity index (χ2n) is 7.02. The van der Waals surface area contributed by atoms with E-state index in [9.17, 15) is 9.59 Å². The van der Waals surface area contributed by atoms with Crippen LogP contribution in [-0.2, 0) is 10.3 Å². The number of nitrogens with one attached hydrogen (secondary N) is 4. The Kier molecular flexibility index (Phi) is 7.42. The van der Waals surface area contributed by atoms with Crippen LogP contribution in [0.2, 0.25) is 0 Å². The lowest BCUT2D eigenvalue weighted by molar-refractivity contribution is -0.126. The van der Waals surface area contributed by atoms with Crippen LogP contribution in [0.5, 0.6) is 0 Å². The fraction of sp³-hybridized carbons (Fsp3) is 0.421. The van der Waals surface area contributed by atoms with Gasteiger partial charge in [0, 0.05) is 29.8 Å². The topological polar surface area (TPSA) is 100 Å². The SMILES string of the molecule is CC(C)NC(=O)Nc1ccc(NC(=O)C2(n3cccn3)CCNCC2)cc1.Cl. The highest BCUT2D eigenvalue weighted by Crippen LogP contribution is 2.29. The summed E-state index contributed by atoms with van der Waals surface area (Å²) in [6.45, 7) is 5.32. The van der Waals surface area contributed by atoms with Crippen LogP contribution in [0.15, 0.2) is 42.7 Å². The molecule has 0 bridgehead atoms. The van der Waals surface area contributed by atoms with E-state index in [0.717, 1.165) is 13.1 Å². The summed E-state index contributed by atoms with van der Waals surface area (Å²) in [4.78, 5) is 24.9. The maximum Gasteiger partial charge on any atom is 0.319 e. The molecule has 2 heterocycles. The molecule has 0 atom stereocenters. The Hall–Kier alpha value is -2.58. The summed E-state index contributed by atoms with van der Waals surface area (Å²) in [5.74, 6) is -0.0778. The summed E-state index contributed by atoms with van der Waals surface area (Å²) in [5, 5.41) is 16.1. The van der Waals surface area contributed by atoms with Gasteiger partial charge < -0.3 is 21.3 Å². The second-order valence-corrected chi connectivity index (χ2v) is 7.02. The summed E-state index contributed by atoms with van der Waals surface area (Å²) in [6, 6.07) is 8.72. The molecule has 3 amide bonds. The largest absolute Gasteiger partial charge is 0.336 e. The minimum Gasteiger partial charge on any atom is -0.336 e. The quantitative estimate of drug-likeness (QED) is 0.613. The molecule has 0 radical (unpaired) electrons. The van der Waals surface area contributed by atoms with Crippen molar-refractivity contribution in [2.75, 3.05) is 23.7 Å². The van der Waals surface area contributed by atoms with Gasteiger partial charge in [-0.15, -0.1) is 12.4 Å². The number of amides is 3. The molecule has 1 aromatic heterocycles. The van der Waals surface area contributed by atoms with Gasteiger partial charge in [-0.25, -0.2) is 4.79 Å². The number of halogens is 1. The number of benzene rings is 1. The van der Waals surface area contributed by atoms with Gasteiger partial charge in [0.05, 0.1) is 0 Å². The maximum absolute atomic E-state index is 13.1. The van der Waals surface area contributed by atoms with Gasteiger partial charge in [0.15, 0.2) is 0 Å². The third-order valence-corrected chi connectivity index (χ3v) is 4.62. The molecule has 1 aliphatic rings.